The first-order valence-corrected chi connectivity index (χ1v) is 6.40. The van der Waals surface area contributed by atoms with Gasteiger partial charge in [0.2, 0.25) is 5.91 Å². The molecule has 0 saturated carbocycles. The lowest BCUT2D eigenvalue weighted by molar-refractivity contribution is -0.132. The molecule has 100 valence electrons. The summed E-state index contributed by atoms with van der Waals surface area (Å²) in [6.07, 6.45) is 2.07. The molecule has 0 atom stereocenters. The van der Waals surface area contributed by atoms with Crippen LogP contribution >= 0.6 is 0 Å². The highest BCUT2D eigenvalue weighted by Crippen LogP contribution is 2.28. The van der Waals surface area contributed by atoms with E-state index in [4.69, 9.17) is 10.5 Å². The van der Waals surface area contributed by atoms with Gasteiger partial charge in [0.05, 0.1) is 5.41 Å². The van der Waals surface area contributed by atoms with Crippen LogP contribution in [0.1, 0.15) is 40.5 Å². The molecule has 1 aliphatic heterocycles. The second-order valence-electron chi connectivity index (χ2n) is 6.11. The van der Waals surface area contributed by atoms with E-state index in [2.05, 4.69) is 5.32 Å². The summed E-state index contributed by atoms with van der Waals surface area (Å²) >= 11 is 0. The second kappa shape index (κ2) is 5.36. The fourth-order valence-electron chi connectivity index (χ4n) is 1.70. The van der Waals surface area contributed by atoms with Gasteiger partial charge < -0.3 is 15.8 Å². The topological polar surface area (TPSA) is 64.4 Å². The van der Waals surface area contributed by atoms with Crippen molar-refractivity contribution >= 4 is 5.91 Å². The van der Waals surface area contributed by atoms with Crippen molar-refractivity contribution in [3.63, 3.8) is 0 Å². The van der Waals surface area contributed by atoms with Crippen molar-refractivity contribution in [1.82, 2.24) is 5.32 Å². The highest BCUT2D eigenvalue weighted by molar-refractivity contribution is 5.83. The van der Waals surface area contributed by atoms with E-state index in [0.717, 1.165) is 32.6 Å². The third-order valence-corrected chi connectivity index (χ3v) is 4.07. The molecule has 0 bridgehead atoms. The third kappa shape index (κ3) is 3.68. The van der Waals surface area contributed by atoms with Crippen LogP contribution in [0.3, 0.4) is 0 Å². The molecule has 1 rings (SSSR count). The van der Waals surface area contributed by atoms with Crippen molar-refractivity contribution in [1.29, 1.82) is 0 Å². The van der Waals surface area contributed by atoms with E-state index >= 15 is 0 Å². The Labute approximate surface area is 104 Å². The average Bonchev–Trinajstić information content (AvgIpc) is 2.25. The van der Waals surface area contributed by atoms with Crippen LogP contribution in [0.2, 0.25) is 0 Å². The molecule has 1 heterocycles. The molecule has 0 spiro atoms. The van der Waals surface area contributed by atoms with E-state index in [-0.39, 0.29) is 5.91 Å². The second-order valence-corrected chi connectivity index (χ2v) is 6.11. The fourth-order valence-corrected chi connectivity index (χ4v) is 1.70. The molecule has 3 N–H and O–H groups in total. The first-order valence-electron chi connectivity index (χ1n) is 6.40. The van der Waals surface area contributed by atoms with Gasteiger partial charge in [0, 0.05) is 25.3 Å². The maximum absolute atomic E-state index is 12.1. The Morgan fingerprint density at radius 2 is 1.82 bits per heavy atom. The molecule has 0 aliphatic carbocycles. The monoisotopic (exact) mass is 242 g/mol. The predicted molar refractivity (Wildman–Crippen MR) is 68.6 cm³/mol. The minimum atomic E-state index is -0.557. The van der Waals surface area contributed by atoms with Crippen molar-refractivity contribution in [2.75, 3.05) is 19.8 Å². The molecule has 0 aromatic rings. The molecule has 1 fully saturated rings. The maximum Gasteiger partial charge on any atom is 0.227 e. The minimum absolute atomic E-state index is 0.0384. The van der Waals surface area contributed by atoms with Crippen LogP contribution in [-0.2, 0) is 9.53 Å². The van der Waals surface area contributed by atoms with E-state index in [1.54, 1.807) is 0 Å². The molecular formula is C13H26N2O2. The van der Waals surface area contributed by atoms with Gasteiger partial charge >= 0.3 is 0 Å². The van der Waals surface area contributed by atoms with E-state index in [1.165, 1.54) is 0 Å². The number of hydrogen-bond acceptors (Lipinski definition) is 3. The number of carbonyl (C=O) groups is 1. The normalized spacial score (nSPS) is 19.1. The third-order valence-electron chi connectivity index (χ3n) is 4.07. The zero-order valence-corrected chi connectivity index (χ0v) is 11.5. The Hall–Kier alpha value is -0.610. The lowest BCUT2D eigenvalue weighted by Crippen LogP contribution is -2.56. The summed E-state index contributed by atoms with van der Waals surface area (Å²) in [6.45, 7) is 9.93. The number of amides is 1. The van der Waals surface area contributed by atoms with Crippen LogP contribution in [-0.4, -0.2) is 31.2 Å². The smallest absolute Gasteiger partial charge is 0.227 e. The number of ether oxygens (including phenoxy) is 1. The van der Waals surface area contributed by atoms with Gasteiger partial charge in [0.15, 0.2) is 0 Å². The first kappa shape index (κ1) is 14.5. The molecular weight excluding hydrogens is 216 g/mol. The van der Waals surface area contributed by atoms with E-state index < -0.39 is 11.0 Å². The predicted octanol–water partition coefficient (Wildman–Crippen LogP) is 1.29. The Bertz CT molecular complexity index is 263. The van der Waals surface area contributed by atoms with E-state index in [0.29, 0.717) is 5.92 Å². The zero-order valence-electron chi connectivity index (χ0n) is 11.5. The summed E-state index contributed by atoms with van der Waals surface area (Å²) < 4.78 is 5.30. The van der Waals surface area contributed by atoms with Gasteiger partial charge in [-0.3, -0.25) is 4.79 Å². The van der Waals surface area contributed by atoms with Gasteiger partial charge in [-0.15, -0.1) is 0 Å². The first-order chi connectivity index (χ1) is 7.75. The SMILES string of the molecule is CC(C)(N)C(C)(C)C(=O)NCC1CCOCC1. The van der Waals surface area contributed by atoms with Gasteiger partial charge in [-0.25, -0.2) is 0 Å². The highest BCUT2D eigenvalue weighted by Gasteiger charge is 2.40. The molecule has 0 aromatic carbocycles. The van der Waals surface area contributed by atoms with Crippen LogP contribution < -0.4 is 11.1 Å². The summed E-state index contributed by atoms with van der Waals surface area (Å²) in [7, 11) is 0. The highest BCUT2D eigenvalue weighted by atomic mass is 16.5. The quantitative estimate of drug-likeness (QED) is 0.781. The lowest BCUT2D eigenvalue weighted by Gasteiger charge is -2.37. The summed E-state index contributed by atoms with van der Waals surface area (Å²) in [6, 6.07) is 0. The van der Waals surface area contributed by atoms with Crippen molar-refractivity contribution in [2.24, 2.45) is 17.1 Å². The van der Waals surface area contributed by atoms with Crippen LogP contribution in [0.4, 0.5) is 0 Å². The van der Waals surface area contributed by atoms with Crippen molar-refractivity contribution in [3.05, 3.63) is 0 Å². The summed E-state index contributed by atoms with van der Waals surface area (Å²) in [5, 5.41) is 3.02. The Morgan fingerprint density at radius 3 is 2.29 bits per heavy atom. The molecule has 0 radical (unpaired) electrons. The number of nitrogens with one attached hydrogen (secondary N) is 1. The zero-order chi connectivity index (χ0) is 13.1. The van der Waals surface area contributed by atoms with E-state index in [9.17, 15) is 4.79 Å². The maximum atomic E-state index is 12.1. The van der Waals surface area contributed by atoms with Crippen LogP contribution in [0.25, 0.3) is 0 Å². The van der Waals surface area contributed by atoms with Gasteiger partial charge in [-0.1, -0.05) is 0 Å². The molecule has 1 amide bonds. The largest absolute Gasteiger partial charge is 0.381 e. The molecule has 4 nitrogen and oxygen atoms in total. The average molecular weight is 242 g/mol. The Balaban J connectivity index is 2.43. The summed E-state index contributed by atoms with van der Waals surface area (Å²) in [5.41, 5.74) is 4.96. The van der Waals surface area contributed by atoms with Crippen LogP contribution in [0.15, 0.2) is 0 Å². The molecule has 0 aromatic heterocycles. The summed E-state index contributed by atoms with van der Waals surface area (Å²) in [5.74, 6) is 0.584. The number of rotatable bonds is 4. The molecule has 4 heteroatoms. The minimum Gasteiger partial charge on any atom is -0.381 e. The number of nitrogens with two attached hydrogens (primary N) is 1. The van der Waals surface area contributed by atoms with Gasteiger partial charge in [0.1, 0.15) is 0 Å². The van der Waals surface area contributed by atoms with Crippen molar-refractivity contribution in [3.8, 4) is 0 Å². The summed E-state index contributed by atoms with van der Waals surface area (Å²) in [4.78, 5) is 12.1. The molecule has 1 saturated heterocycles. The standard InChI is InChI=1S/C13H26N2O2/c1-12(2,13(3,4)14)11(16)15-9-10-5-7-17-8-6-10/h10H,5-9,14H2,1-4H3,(H,15,16). The van der Waals surface area contributed by atoms with Gasteiger partial charge in [-0.05, 0) is 46.5 Å². The van der Waals surface area contributed by atoms with Crippen molar-refractivity contribution < 1.29 is 9.53 Å². The molecule has 0 unspecified atom stereocenters. The molecule has 1 aliphatic rings. The van der Waals surface area contributed by atoms with Crippen LogP contribution in [0, 0.1) is 11.3 Å². The van der Waals surface area contributed by atoms with Crippen molar-refractivity contribution in [2.45, 2.75) is 46.1 Å². The number of hydrogen-bond donors (Lipinski definition) is 2. The van der Waals surface area contributed by atoms with Gasteiger partial charge in [-0.2, -0.15) is 0 Å². The number of carbonyl (C=O) groups excluding carboxylic acids is 1. The van der Waals surface area contributed by atoms with Crippen LogP contribution in [0.5, 0.6) is 0 Å². The molecule has 17 heavy (non-hydrogen) atoms. The Kier molecular flexibility index (Phi) is 4.55. The van der Waals surface area contributed by atoms with E-state index in [1.807, 2.05) is 27.7 Å². The lowest BCUT2D eigenvalue weighted by atomic mass is 9.74. The van der Waals surface area contributed by atoms with Gasteiger partial charge in [0.25, 0.3) is 0 Å². The fraction of sp³-hybridized carbons (Fsp3) is 0.923. The Morgan fingerprint density at radius 1 is 1.29 bits per heavy atom.